The molecule has 25 N–H and O–H groups in total. The second kappa shape index (κ2) is 36.0. The maximum absolute atomic E-state index is 13.4. The Hall–Kier alpha value is -7.84. The molecule has 662 valence electrons. The van der Waals surface area contributed by atoms with Gasteiger partial charge in [-0.25, -0.2) is 38.9 Å². The van der Waals surface area contributed by atoms with Crippen LogP contribution in [0, 0.1) is 12.7 Å². The molecule has 55 heteroatoms. The van der Waals surface area contributed by atoms with E-state index in [2.05, 4.69) is 64.8 Å². The number of nitrogen functional groups attached to an aromatic ring is 6. The number of aryl methyl sites for hydroxylation is 1. The van der Waals surface area contributed by atoms with E-state index in [0.29, 0.717) is 44.7 Å². The zero-order valence-corrected chi connectivity index (χ0v) is 70.3. The molecule has 16 heterocycles. The van der Waals surface area contributed by atoms with Gasteiger partial charge >= 0.3 is 11.4 Å². The van der Waals surface area contributed by atoms with Crippen molar-refractivity contribution >= 4 is 173 Å². The number of aliphatic hydroxyl groups is 12. The lowest BCUT2D eigenvalue weighted by molar-refractivity contribution is -0.0472. The lowest BCUT2D eigenvalue weighted by Crippen LogP contribution is -2.42. The van der Waals surface area contributed by atoms with Gasteiger partial charge in [0, 0.05) is 18.0 Å². The maximum atomic E-state index is 13.4. The lowest BCUT2D eigenvalue weighted by atomic mass is 10.0. The van der Waals surface area contributed by atoms with Gasteiger partial charge in [0.2, 0.25) is 17.2 Å². The smallest absolute Gasteiger partial charge is 0.351 e. The summed E-state index contributed by atoms with van der Waals surface area (Å²) in [7, 11) is 0. The molecule has 10 aromatic heterocycles. The van der Waals surface area contributed by atoms with Crippen LogP contribution in [-0.2, 0) is 28.4 Å². The molecule has 0 bridgehead atoms. The maximum Gasteiger partial charge on any atom is 0.351 e. The molecule has 0 unspecified atom stereocenters. The molecule has 121 heavy (non-hydrogen) atoms. The van der Waals surface area contributed by atoms with E-state index in [9.17, 15) is 69.8 Å². The topological polar surface area (TPSA) is 706 Å². The van der Waals surface area contributed by atoms with Crippen LogP contribution >= 0.6 is 92.8 Å². The van der Waals surface area contributed by atoms with E-state index in [1.54, 1.807) is 51.4 Å². The first-order valence-electron chi connectivity index (χ1n) is 35.9. The summed E-state index contributed by atoms with van der Waals surface area (Å²) >= 11 is 49.7. The summed E-state index contributed by atoms with van der Waals surface area (Å²) in [5.41, 5.74) is 34.2. The summed E-state index contributed by atoms with van der Waals surface area (Å²) in [5, 5.41) is 116. The predicted molar refractivity (Wildman–Crippen MR) is 432 cm³/mol. The van der Waals surface area contributed by atoms with E-state index in [1.165, 1.54) is 63.6 Å². The lowest BCUT2D eigenvalue weighted by Gasteiger charge is -2.26. The Morgan fingerprint density at radius 2 is 0.777 bits per heavy atom. The van der Waals surface area contributed by atoms with Crippen LogP contribution in [0.15, 0.2) is 64.3 Å². The quantitative estimate of drug-likeness (QED) is 0.0373. The normalized spacial score (nSPS) is 33.6. The highest BCUT2D eigenvalue weighted by Crippen LogP contribution is 2.50. The Morgan fingerprint density at radius 3 is 1.18 bits per heavy atom. The first-order valence-corrected chi connectivity index (χ1v) is 38.9. The Labute approximate surface area is 720 Å². The fraction of sp³-hybridized carbons (Fsp3) is 0.561. The molecule has 0 aromatic carbocycles. The highest BCUT2D eigenvalue weighted by atomic mass is 35.5. The van der Waals surface area contributed by atoms with E-state index in [0.717, 1.165) is 10.8 Å². The minimum Gasteiger partial charge on any atom is -0.394 e. The number of halogens is 9. The summed E-state index contributed by atoms with van der Waals surface area (Å²) in [6, 6.07) is 1.76. The molecule has 46 nitrogen and oxygen atoms in total. The van der Waals surface area contributed by atoms with E-state index < -0.39 is 182 Å². The number of aliphatic hydroxyl groups excluding tert-OH is 12. The van der Waals surface area contributed by atoms with Crippen molar-refractivity contribution in [3.8, 4) is 0 Å². The van der Waals surface area contributed by atoms with Crippen molar-refractivity contribution in [2.45, 2.75) is 188 Å². The number of hydrogen-bond donors (Lipinski definition) is 19. The molecule has 16 rings (SSSR count). The monoisotopic (exact) mass is 1860 g/mol. The fourth-order valence-electron chi connectivity index (χ4n) is 14.0. The van der Waals surface area contributed by atoms with Gasteiger partial charge < -0.3 is 129 Å². The van der Waals surface area contributed by atoms with Crippen molar-refractivity contribution in [1.29, 1.82) is 0 Å². The average molecular weight is 1870 g/mol. The molecule has 0 saturated carbocycles. The SMILES string of the molecule is C[C@@]1(Cl)[C@H](O)[C@@H](CO)O[C@H]1n1cc(F)c(N)nc1=O.C[C@@]1(Cl)[C@H](O)[C@@H](CO)O[C@H]1n1ccc2c(N)ncnc21.C[C@@]1(Cl)[C@H](O)[C@@H](CO)O[C@H]1n1cnc2c(=O)[nH]c(N)nc21.C[C@@]1(Cl)[C@H](O)[C@@H](CO)O[C@H]1n1cnc2c(Cl)nc(N)nc21.C[C@@]1(Cl)[C@H](O)[C@@H](CO)O[C@H]1n1cnc2c(N)nc(Cl)nc21.Cc1cn([C@@H]2O[C@H](CO)[C@@H](O)[C@@]2(C)Cl)c(=O)nc1N. The minimum atomic E-state index is -1.42. The Morgan fingerprint density at radius 1 is 0.421 bits per heavy atom. The molecule has 6 fully saturated rings. The van der Waals surface area contributed by atoms with E-state index in [4.69, 9.17) is 166 Å². The third-order valence-corrected chi connectivity index (χ3v) is 23.7. The van der Waals surface area contributed by atoms with Crippen LogP contribution in [0.4, 0.5) is 39.6 Å². The number of aromatic amines is 1. The van der Waals surface area contributed by atoms with Crippen LogP contribution in [0.5, 0.6) is 0 Å². The highest BCUT2D eigenvalue weighted by molar-refractivity contribution is 6.33. The average Bonchev–Trinajstić information content (AvgIpc) is 1.59. The number of nitrogens with two attached hydrogens (primary N) is 6. The number of imidazole rings is 3. The van der Waals surface area contributed by atoms with Crippen molar-refractivity contribution in [3.05, 3.63) is 103 Å². The summed E-state index contributed by atoms with van der Waals surface area (Å²) in [6.07, 6.45) is -7.15. The van der Waals surface area contributed by atoms with Gasteiger partial charge in [0.05, 0.1) is 70.2 Å². The van der Waals surface area contributed by atoms with Crippen LogP contribution in [0.25, 0.3) is 44.5 Å². The Balaban J connectivity index is 0.000000142. The van der Waals surface area contributed by atoms with Crippen molar-refractivity contribution in [3.63, 3.8) is 0 Å². The summed E-state index contributed by atoms with van der Waals surface area (Å²) < 4.78 is 54.7. The van der Waals surface area contributed by atoms with Crippen LogP contribution in [0.2, 0.25) is 10.4 Å². The zero-order chi connectivity index (χ0) is 89.3. The summed E-state index contributed by atoms with van der Waals surface area (Å²) in [6.45, 7) is 8.81. The van der Waals surface area contributed by atoms with Crippen LogP contribution in [0.3, 0.4) is 0 Å². The molecule has 6 aliphatic heterocycles. The van der Waals surface area contributed by atoms with Gasteiger partial charge in [-0.1, -0.05) is 11.6 Å². The molecule has 0 amide bonds. The fourth-order valence-corrected chi connectivity index (χ4v) is 16.2. The van der Waals surface area contributed by atoms with Gasteiger partial charge in [-0.3, -0.25) is 32.6 Å². The van der Waals surface area contributed by atoms with Gasteiger partial charge in [0.15, 0.2) is 82.4 Å². The van der Waals surface area contributed by atoms with Crippen molar-refractivity contribution in [2.75, 3.05) is 74.0 Å². The van der Waals surface area contributed by atoms with Gasteiger partial charge in [-0.2, -0.15) is 34.9 Å². The first kappa shape index (κ1) is 93.8. The molecule has 6 aliphatic rings. The first-order chi connectivity index (χ1) is 56.6. The molecule has 10 aromatic rings. The molecular formula is C66H84Cl8FN25O21. The second-order valence-electron chi connectivity index (χ2n) is 29.4. The predicted octanol–water partition coefficient (Wildman–Crippen LogP) is -1.57. The number of rotatable bonds is 12. The summed E-state index contributed by atoms with van der Waals surface area (Å²) in [5.74, 6) is -0.882. The Bertz CT molecular complexity index is 5380. The number of ether oxygens (including phenoxy) is 6. The molecule has 0 aliphatic carbocycles. The van der Waals surface area contributed by atoms with Crippen LogP contribution < -0.4 is 51.3 Å². The van der Waals surface area contributed by atoms with Crippen molar-refractivity contribution in [2.24, 2.45) is 0 Å². The number of hydrogen-bond acceptors (Lipinski definition) is 39. The molecule has 0 spiro atoms. The Kier molecular flexibility index (Phi) is 27.9. The number of anilines is 6. The number of nitrogens with zero attached hydrogens (tertiary/aromatic N) is 18. The van der Waals surface area contributed by atoms with Gasteiger partial charge in [0.25, 0.3) is 5.56 Å². The van der Waals surface area contributed by atoms with E-state index in [1.807, 2.05) is 0 Å². The number of fused-ring (bicyclic) bond motifs is 4. The largest absolute Gasteiger partial charge is 0.394 e. The van der Waals surface area contributed by atoms with E-state index in [-0.39, 0.29) is 71.6 Å². The third-order valence-electron chi connectivity index (χ3n) is 20.8. The molecular weight excluding hydrogens is 1780 g/mol. The van der Waals surface area contributed by atoms with Crippen LogP contribution in [0.1, 0.15) is 84.5 Å². The van der Waals surface area contributed by atoms with Crippen molar-refractivity contribution < 1.29 is 94.1 Å². The number of alkyl halides is 6. The van der Waals surface area contributed by atoms with Gasteiger partial charge in [0.1, 0.15) is 137 Å². The zero-order valence-electron chi connectivity index (χ0n) is 64.2. The minimum absolute atomic E-state index is 0.0113. The highest BCUT2D eigenvalue weighted by Gasteiger charge is 2.59. The summed E-state index contributed by atoms with van der Waals surface area (Å²) in [4.78, 5) is 77.4. The van der Waals surface area contributed by atoms with Crippen LogP contribution in [-0.4, -0.2) is 296 Å². The van der Waals surface area contributed by atoms with Gasteiger partial charge in [-0.15, -0.1) is 69.6 Å². The third kappa shape index (κ3) is 17.6. The second-order valence-corrected chi connectivity index (χ2v) is 35.0. The standard InChI is InChI=1S/C12H15ClN4O3.2C11H13Cl2N5O3.C11H14ClN5O4.C11H16ClN3O4.C10H13ClFN3O4/c1-12(13)8(19)7(4-18)20-11(12)17-3-2-6-9(14)15-5-16-10(6)17;1-11(13)6(20)4(2-19)21-9(11)18-3-15-5-7(14)16-10(12)17-8(5)18;1-11(13)6(20)4(2-19)21-9(11)18-3-15-5-7(12)16-10(14)17-8(5)18;1-11(12)6(19)4(2-18)21-9(11)17-3-14-5-7(17)15-10(13)16-8(5)20;1-5-3-15(10(18)14-8(5)13)9-11(2,12)7(17)6(4-16)19-9;1-10(11)6(17)5(3-16)19-8(10)15-2-4(12)7(13)14-9(15)18/h2-3,5,7-8,11,18-19H,4H2,1H3,(H2,14,15,16);2*3-4,6,9,19-20H,2H2,1H3,(H2,14,16,17);3-4,6,9,18-19H,2H2,1H3,(H3,13,15,16,20);3,6-7,9,16-17H,4H2,1-2H3,(H2,13,14,18);2,5-6,8,16-17H,3H2,1H3,(H2,13,14,18)/t7-,8-,11-,12-;3*4-,6-,9-,11-;6-,7-,9-,11-;5-,6-,8-,10-/m111111/s1. The molecule has 0 radical (unpaired) electrons. The van der Waals surface area contributed by atoms with Crippen molar-refractivity contribution in [1.82, 2.24) is 92.2 Å². The van der Waals surface area contributed by atoms with E-state index >= 15 is 0 Å². The number of nitrogens with one attached hydrogen (secondary N) is 1. The van der Waals surface area contributed by atoms with Gasteiger partial charge in [-0.05, 0) is 66.1 Å². The number of H-pyrrole nitrogens is 1. The molecule has 24 atom stereocenters. The molecule has 6 saturated heterocycles. The number of aromatic nitrogens is 19.